The van der Waals surface area contributed by atoms with Crippen LogP contribution >= 0.6 is 0 Å². The molecule has 0 bridgehead atoms. The Kier molecular flexibility index (Phi) is 3.94. The minimum Gasteiger partial charge on any atom is -0.478 e. The predicted octanol–water partition coefficient (Wildman–Crippen LogP) is 0.413. The fourth-order valence-electron chi connectivity index (χ4n) is 1.12. The summed E-state index contributed by atoms with van der Waals surface area (Å²) in [4.78, 5) is 33.2. The van der Waals surface area contributed by atoms with Gasteiger partial charge >= 0.3 is 5.97 Å². The molecule has 0 aromatic carbocycles. The average molecular weight is 202 g/mol. The van der Waals surface area contributed by atoms with Crippen molar-refractivity contribution < 1.29 is 24.2 Å². The number of rotatable bonds is 5. The van der Waals surface area contributed by atoms with E-state index in [1.54, 1.807) is 13.8 Å². The van der Waals surface area contributed by atoms with Gasteiger partial charge in [0, 0.05) is 0 Å². The molecule has 0 spiro atoms. The quantitative estimate of drug-likeness (QED) is 0.653. The molecule has 0 rings (SSSR count). The summed E-state index contributed by atoms with van der Waals surface area (Å²) in [6.45, 7) is 5.17. The number of hydrogen-bond acceptors (Lipinski definition) is 4. The van der Waals surface area contributed by atoms with Gasteiger partial charge in [0.25, 0.3) is 5.60 Å². The summed E-state index contributed by atoms with van der Waals surface area (Å²) in [5, 5.41) is 8.85. The molecule has 80 valence electrons. The summed E-state index contributed by atoms with van der Waals surface area (Å²) in [5.41, 5.74) is -2.34. The topological polar surface area (TPSA) is 80.7 Å². The third kappa shape index (κ3) is 2.17. The first-order valence-corrected chi connectivity index (χ1v) is 4.18. The molecule has 0 aromatic heterocycles. The third-order valence-electron chi connectivity index (χ3n) is 1.71. The standard InChI is InChI=1S/C9H14O5/c1-5(2)14-9(6(3)10,7(4)11)8(12)13/h5H,1-4H3,(H,12,13). The van der Waals surface area contributed by atoms with Crippen molar-refractivity contribution in [2.45, 2.75) is 39.4 Å². The van der Waals surface area contributed by atoms with Crippen LogP contribution in [-0.4, -0.2) is 34.3 Å². The van der Waals surface area contributed by atoms with Gasteiger partial charge in [0.2, 0.25) is 0 Å². The number of carboxylic acid groups (broad SMARTS) is 1. The molecule has 5 heteroatoms. The first-order chi connectivity index (χ1) is 6.25. The Morgan fingerprint density at radius 2 is 1.50 bits per heavy atom. The molecule has 0 aliphatic heterocycles. The Morgan fingerprint density at radius 3 is 1.57 bits per heavy atom. The van der Waals surface area contributed by atoms with Crippen molar-refractivity contribution in [2.24, 2.45) is 0 Å². The van der Waals surface area contributed by atoms with Gasteiger partial charge < -0.3 is 9.84 Å². The Bertz CT molecular complexity index is 230. The summed E-state index contributed by atoms with van der Waals surface area (Å²) in [6, 6.07) is 0. The maximum atomic E-state index is 11.2. The number of carbonyl (C=O) groups excluding carboxylic acids is 2. The van der Waals surface area contributed by atoms with E-state index in [0.717, 1.165) is 13.8 Å². The molecule has 0 saturated heterocycles. The normalized spacial score (nSPS) is 11.5. The maximum absolute atomic E-state index is 11.2. The minimum absolute atomic E-state index is 0.515. The van der Waals surface area contributed by atoms with Gasteiger partial charge in [0.15, 0.2) is 11.6 Å². The molecule has 0 aliphatic rings. The van der Waals surface area contributed by atoms with Gasteiger partial charge in [0.1, 0.15) is 0 Å². The van der Waals surface area contributed by atoms with Crippen LogP contribution in [0, 0.1) is 0 Å². The summed E-state index contributed by atoms with van der Waals surface area (Å²) in [7, 11) is 0. The van der Waals surface area contributed by atoms with Gasteiger partial charge in [-0.2, -0.15) is 0 Å². The van der Waals surface area contributed by atoms with Crippen LogP contribution in [0.1, 0.15) is 27.7 Å². The highest BCUT2D eigenvalue weighted by Crippen LogP contribution is 2.17. The van der Waals surface area contributed by atoms with E-state index in [9.17, 15) is 14.4 Å². The Morgan fingerprint density at radius 1 is 1.14 bits per heavy atom. The molecular weight excluding hydrogens is 188 g/mol. The minimum atomic E-state index is -2.34. The zero-order valence-corrected chi connectivity index (χ0v) is 8.66. The molecule has 0 aliphatic carbocycles. The molecule has 14 heavy (non-hydrogen) atoms. The van der Waals surface area contributed by atoms with Crippen LogP contribution in [0.5, 0.6) is 0 Å². The van der Waals surface area contributed by atoms with Crippen molar-refractivity contribution in [1.29, 1.82) is 0 Å². The van der Waals surface area contributed by atoms with Crippen molar-refractivity contribution in [3.63, 3.8) is 0 Å². The Hall–Kier alpha value is -1.23. The molecule has 0 heterocycles. The smallest absolute Gasteiger partial charge is 0.351 e. The second kappa shape index (κ2) is 4.32. The SMILES string of the molecule is CC(=O)C(OC(C)C)(C(C)=O)C(=O)O. The van der Waals surface area contributed by atoms with Gasteiger partial charge in [-0.05, 0) is 27.7 Å². The van der Waals surface area contributed by atoms with Crippen LogP contribution in [0.3, 0.4) is 0 Å². The first kappa shape index (κ1) is 12.8. The maximum Gasteiger partial charge on any atom is 0.351 e. The number of aliphatic carboxylic acids is 1. The second-order valence-electron chi connectivity index (χ2n) is 3.27. The number of ketones is 2. The second-order valence-corrected chi connectivity index (χ2v) is 3.27. The van der Waals surface area contributed by atoms with Crippen LogP contribution in [0.2, 0.25) is 0 Å². The van der Waals surface area contributed by atoms with Crippen LogP contribution in [0.4, 0.5) is 0 Å². The van der Waals surface area contributed by atoms with E-state index in [4.69, 9.17) is 9.84 Å². The zero-order valence-electron chi connectivity index (χ0n) is 8.66. The summed E-state index contributed by atoms with van der Waals surface area (Å²) in [5.74, 6) is -3.19. The molecule has 0 unspecified atom stereocenters. The highest BCUT2D eigenvalue weighted by Gasteiger charge is 2.50. The third-order valence-corrected chi connectivity index (χ3v) is 1.71. The van der Waals surface area contributed by atoms with Crippen LogP contribution in [0.25, 0.3) is 0 Å². The molecule has 5 nitrogen and oxygen atoms in total. The first-order valence-electron chi connectivity index (χ1n) is 4.18. The Labute approximate surface area is 82.1 Å². The number of ether oxygens (including phenoxy) is 1. The van der Waals surface area contributed by atoms with Crippen LogP contribution in [0.15, 0.2) is 0 Å². The largest absolute Gasteiger partial charge is 0.478 e. The van der Waals surface area contributed by atoms with Gasteiger partial charge in [-0.1, -0.05) is 0 Å². The lowest BCUT2D eigenvalue weighted by atomic mass is 9.94. The van der Waals surface area contributed by atoms with E-state index in [-0.39, 0.29) is 0 Å². The van der Waals surface area contributed by atoms with E-state index in [2.05, 4.69) is 0 Å². The predicted molar refractivity (Wildman–Crippen MR) is 47.9 cm³/mol. The number of hydrogen-bond donors (Lipinski definition) is 1. The van der Waals surface area contributed by atoms with Gasteiger partial charge in [0.05, 0.1) is 6.10 Å². The fraction of sp³-hybridized carbons (Fsp3) is 0.667. The average Bonchev–Trinajstić information content (AvgIpc) is 1.97. The summed E-state index contributed by atoms with van der Waals surface area (Å²) >= 11 is 0. The number of Topliss-reactive ketones (excluding diaryl/α,β-unsaturated/α-hetero) is 2. The fourth-order valence-corrected chi connectivity index (χ4v) is 1.12. The molecule has 0 fully saturated rings. The van der Waals surface area contributed by atoms with Gasteiger partial charge in [-0.3, -0.25) is 9.59 Å². The van der Waals surface area contributed by atoms with Crippen molar-refractivity contribution in [3.8, 4) is 0 Å². The monoisotopic (exact) mass is 202 g/mol. The summed E-state index contributed by atoms with van der Waals surface area (Å²) in [6.07, 6.45) is -0.515. The molecule has 0 amide bonds. The van der Waals surface area contributed by atoms with Crippen LogP contribution in [-0.2, 0) is 19.1 Å². The van der Waals surface area contributed by atoms with Crippen molar-refractivity contribution in [1.82, 2.24) is 0 Å². The Balaban J connectivity index is 5.28. The molecule has 0 atom stereocenters. The lowest BCUT2D eigenvalue weighted by molar-refractivity contribution is -0.180. The van der Waals surface area contributed by atoms with E-state index in [0.29, 0.717) is 0 Å². The van der Waals surface area contributed by atoms with Gasteiger partial charge in [-0.25, -0.2) is 4.79 Å². The van der Waals surface area contributed by atoms with E-state index in [1.165, 1.54) is 0 Å². The number of carboxylic acids is 1. The van der Waals surface area contributed by atoms with Crippen molar-refractivity contribution >= 4 is 17.5 Å². The van der Waals surface area contributed by atoms with E-state index >= 15 is 0 Å². The highest BCUT2D eigenvalue weighted by molar-refractivity contribution is 6.24. The molecule has 0 aromatic rings. The molecule has 0 radical (unpaired) electrons. The zero-order chi connectivity index (χ0) is 11.5. The highest BCUT2D eigenvalue weighted by atomic mass is 16.5. The van der Waals surface area contributed by atoms with Crippen molar-refractivity contribution in [3.05, 3.63) is 0 Å². The van der Waals surface area contributed by atoms with E-state index < -0.39 is 29.2 Å². The molecule has 0 saturated carbocycles. The van der Waals surface area contributed by atoms with E-state index in [1.807, 2.05) is 0 Å². The lowest BCUT2D eigenvalue weighted by Crippen LogP contribution is -2.55. The lowest BCUT2D eigenvalue weighted by Gasteiger charge is -2.26. The van der Waals surface area contributed by atoms with Crippen LogP contribution < -0.4 is 0 Å². The van der Waals surface area contributed by atoms with Gasteiger partial charge in [-0.15, -0.1) is 0 Å². The number of carbonyl (C=O) groups is 3. The molecular formula is C9H14O5. The summed E-state index contributed by atoms with van der Waals surface area (Å²) < 4.78 is 4.92. The van der Waals surface area contributed by atoms with Crippen molar-refractivity contribution in [2.75, 3.05) is 0 Å². The molecule has 1 N–H and O–H groups in total.